The van der Waals surface area contributed by atoms with E-state index in [1.165, 1.54) is 12.1 Å². The SMILES string of the molecule is CN(C)CCN1C(=O)CC[C@@H]2[C@H]1CCN2C(=O)Cc1ccc(F)cc1.O=C(O)C(F)(F)F. The first kappa shape index (κ1) is 25.6. The number of halogens is 4. The summed E-state index contributed by atoms with van der Waals surface area (Å²) < 4.78 is 44.8. The van der Waals surface area contributed by atoms with E-state index in [0.29, 0.717) is 19.5 Å². The zero-order chi connectivity index (χ0) is 24.1. The lowest BCUT2D eigenvalue weighted by Crippen LogP contribution is -2.54. The molecule has 3 rings (SSSR count). The molecule has 2 fully saturated rings. The van der Waals surface area contributed by atoms with Crippen LogP contribution in [0.5, 0.6) is 0 Å². The number of fused-ring (bicyclic) bond motifs is 1. The third kappa shape index (κ3) is 6.91. The Morgan fingerprint density at radius 1 is 1.12 bits per heavy atom. The van der Waals surface area contributed by atoms with Gasteiger partial charge in [-0.3, -0.25) is 9.59 Å². The highest BCUT2D eigenvalue weighted by atomic mass is 19.4. The maximum absolute atomic E-state index is 13.0. The second-order valence-electron chi connectivity index (χ2n) is 8.05. The van der Waals surface area contributed by atoms with Gasteiger partial charge in [-0.15, -0.1) is 0 Å². The summed E-state index contributed by atoms with van der Waals surface area (Å²) in [4.78, 5) is 39.9. The predicted molar refractivity (Wildman–Crippen MR) is 107 cm³/mol. The molecule has 2 aliphatic rings. The largest absolute Gasteiger partial charge is 0.490 e. The third-order valence-corrected chi connectivity index (χ3v) is 5.50. The van der Waals surface area contributed by atoms with Crippen LogP contribution in [0.1, 0.15) is 24.8 Å². The summed E-state index contributed by atoms with van der Waals surface area (Å²) in [5.74, 6) is -2.77. The minimum absolute atomic E-state index is 0.0704. The van der Waals surface area contributed by atoms with Crippen LogP contribution in [0, 0.1) is 5.82 Å². The zero-order valence-electron chi connectivity index (χ0n) is 17.9. The molecule has 1 N–H and O–H groups in total. The number of likely N-dealkylation sites (tertiary alicyclic amines) is 2. The van der Waals surface area contributed by atoms with Gasteiger partial charge in [-0.05, 0) is 44.6 Å². The second kappa shape index (κ2) is 10.8. The van der Waals surface area contributed by atoms with Crippen LogP contribution in [-0.4, -0.2) is 89.6 Å². The number of carbonyl (C=O) groups is 3. The summed E-state index contributed by atoms with van der Waals surface area (Å²) in [6.45, 7) is 2.24. The van der Waals surface area contributed by atoms with E-state index in [1.807, 2.05) is 23.9 Å². The number of alkyl halides is 3. The number of hydrogen-bond donors (Lipinski definition) is 1. The standard InChI is InChI=1S/C19H26FN3O2.C2HF3O2/c1-21(2)11-12-23-17-9-10-22(16(17)7-8-18(23)24)19(25)13-14-3-5-15(20)6-4-14;3-2(4,5)1(6)7/h3-6,16-17H,7-13H2,1-2H3;(H,6,7)/t16-,17-;/m1./s1. The molecule has 1 aromatic carbocycles. The first-order chi connectivity index (χ1) is 14.9. The highest BCUT2D eigenvalue weighted by molar-refractivity contribution is 5.81. The van der Waals surface area contributed by atoms with Crippen molar-refractivity contribution in [1.29, 1.82) is 0 Å². The molecule has 32 heavy (non-hydrogen) atoms. The van der Waals surface area contributed by atoms with Crippen molar-refractivity contribution in [3.05, 3.63) is 35.6 Å². The predicted octanol–water partition coefficient (Wildman–Crippen LogP) is 2.15. The van der Waals surface area contributed by atoms with Gasteiger partial charge in [-0.2, -0.15) is 13.2 Å². The normalized spacial score (nSPS) is 20.7. The Hall–Kier alpha value is -2.69. The van der Waals surface area contributed by atoms with Crippen molar-refractivity contribution < 1.29 is 37.1 Å². The Morgan fingerprint density at radius 2 is 1.72 bits per heavy atom. The zero-order valence-corrected chi connectivity index (χ0v) is 17.9. The highest BCUT2D eigenvalue weighted by Gasteiger charge is 2.44. The summed E-state index contributed by atoms with van der Waals surface area (Å²) in [7, 11) is 4.00. The van der Waals surface area contributed by atoms with Crippen LogP contribution in [0.4, 0.5) is 17.6 Å². The fourth-order valence-corrected chi connectivity index (χ4v) is 3.94. The number of carboxylic acid groups (broad SMARTS) is 1. The van der Waals surface area contributed by atoms with E-state index in [0.717, 1.165) is 24.9 Å². The molecule has 0 spiro atoms. The maximum atomic E-state index is 13.0. The van der Waals surface area contributed by atoms with Crippen molar-refractivity contribution in [2.75, 3.05) is 33.7 Å². The van der Waals surface area contributed by atoms with Gasteiger partial charge in [-0.25, -0.2) is 9.18 Å². The van der Waals surface area contributed by atoms with Crippen LogP contribution in [-0.2, 0) is 20.8 Å². The highest BCUT2D eigenvalue weighted by Crippen LogP contribution is 2.31. The quantitative estimate of drug-likeness (QED) is 0.680. The van der Waals surface area contributed by atoms with Crippen molar-refractivity contribution in [1.82, 2.24) is 14.7 Å². The van der Waals surface area contributed by atoms with Gasteiger partial charge in [0.25, 0.3) is 0 Å². The topological polar surface area (TPSA) is 81.2 Å². The first-order valence-corrected chi connectivity index (χ1v) is 10.2. The van der Waals surface area contributed by atoms with Crippen LogP contribution in [0.25, 0.3) is 0 Å². The molecule has 2 atom stereocenters. The van der Waals surface area contributed by atoms with E-state index in [-0.39, 0.29) is 36.1 Å². The summed E-state index contributed by atoms with van der Waals surface area (Å²) in [5.41, 5.74) is 0.825. The first-order valence-electron chi connectivity index (χ1n) is 10.2. The summed E-state index contributed by atoms with van der Waals surface area (Å²) in [5, 5.41) is 7.12. The van der Waals surface area contributed by atoms with E-state index in [2.05, 4.69) is 4.90 Å². The van der Waals surface area contributed by atoms with Gasteiger partial charge < -0.3 is 19.8 Å². The van der Waals surface area contributed by atoms with Crippen LogP contribution in [0.3, 0.4) is 0 Å². The lowest BCUT2D eigenvalue weighted by molar-refractivity contribution is -0.192. The van der Waals surface area contributed by atoms with E-state index >= 15 is 0 Å². The molecule has 2 amide bonds. The smallest absolute Gasteiger partial charge is 0.475 e. The monoisotopic (exact) mass is 461 g/mol. The number of rotatable bonds is 5. The number of carboxylic acids is 1. The molecule has 0 aromatic heterocycles. The molecule has 0 aliphatic carbocycles. The molecule has 178 valence electrons. The van der Waals surface area contributed by atoms with Crippen molar-refractivity contribution >= 4 is 17.8 Å². The Balaban J connectivity index is 0.000000451. The Bertz CT molecular complexity index is 814. The third-order valence-electron chi connectivity index (χ3n) is 5.50. The van der Waals surface area contributed by atoms with Gasteiger partial charge in [0.15, 0.2) is 0 Å². The number of carbonyl (C=O) groups excluding carboxylic acids is 2. The molecule has 2 heterocycles. The van der Waals surface area contributed by atoms with Crippen molar-refractivity contribution in [3.8, 4) is 0 Å². The lowest BCUT2D eigenvalue weighted by Gasteiger charge is -2.40. The van der Waals surface area contributed by atoms with Crippen molar-refractivity contribution in [2.45, 2.75) is 43.9 Å². The molecule has 11 heteroatoms. The summed E-state index contributed by atoms with van der Waals surface area (Å²) in [6.07, 6.45) is -2.69. The minimum atomic E-state index is -5.08. The molecular formula is C21H27F4N3O4. The fourth-order valence-electron chi connectivity index (χ4n) is 3.94. The van der Waals surface area contributed by atoms with Crippen LogP contribution >= 0.6 is 0 Å². The fraction of sp³-hybridized carbons (Fsp3) is 0.571. The number of benzene rings is 1. The number of aliphatic carboxylic acids is 1. The average Bonchev–Trinajstić information content (AvgIpc) is 3.13. The molecule has 1 aromatic rings. The van der Waals surface area contributed by atoms with E-state index in [1.54, 1.807) is 12.1 Å². The van der Waals surface area contributed by atoms with Gasteiger partial charge in [-0.1, -0.05) is 12.1 Å². The molecule has 0 saturated carbocycles. The number of piperidine rings is 1. The second-order valence-corrected chi connectivity index (χ2v) is 8.05. The van der Waals surface area contributed by atoms with Gasteiger partial charge in [0, 0.05) is 26.1 Å². The van der Waals surface area contributed by atoms with E-state index in [4.69, 9.17) is 9.90 Å². The van der Waals surface area contributed by atoms with Gasteiger partial charge in [0.2, 0.25) is 11.8 Å². The van der Waals surface area contributed by atoms with E-state index in [9.17, 15) is 27.2 Å². The van der Waals surface area contributed by atoms with Crippen LogP contribution in [0.15, 0.2) is 24.3 Å². The molecular weight excluding hydrogens is 434 g/mol. The molecule has 2 aliphatic heterocycles. The number of hydrogen-bond acceptors (Lipinski definition) is 4. The number of nitrogens with zero attached hydrogens (tertiary/aromatic N) is 3. The Labute approximate surface area is 183 Å². The van der Waals surface area contributed by atoms with Crippen molar-refractivity contribution in [3.63, 3.8) is 0 Å². The lowest BCUT2D eigenvalue weighted by atomic mass is 9.96. The number of likely N-dealkylation sites (N-methyl/N-ethyl adjacent to an activating group) is 1. The Morgan fingerprint density at radius 3 is 2.25 bits per heavy atom. The van der Waals surface area contributed by atoms with Gasteiger partial charge in [0.1, 0.15) is 5.82 Å². The minimum Gasteiger partial charge on any atom is -0.475 e. The van der Waals surface area contributed by atoms with Crippen molar-refractivity contribution in [2.24, 2.45) is 0 Å². The Kier molecular flexibility index (Phi) is 8.59. The molecule has 0 bridgehead atoms. The summed E-state index contributed by atoms with van der Waals surface area (Å²) in [6, 6.07) is 6.35. The van der Waals surface area contributed by atoms with E-state index < -0.39 is 12.1 Å². The molecule has 0 unspecified atom stereocenters. The number of amides is 2. The van der Waals surface area contributed by atoms with Crippen LogP contribution in [0.2, 0.25) is 0 Å². The van der Waals surface area contributed by atoms with Crippen LogP contribution < -0.4 is 0 Å². The maximum Gasteiger partial charge on any atom is 0.490 e. The molecule has 7 nitrogen and oxygen atoms in total. The molecule has 0 radical (unpaired) electrons. The van der Waals surface area contributed by atoms with Gasteiger partial charge >= 0.3 is 12.1 Å². The molecule has 2 saturated heterocycles. The average molecular weight is 461 g/mol. The van der Waals surface area contributed by atoms with Gasteiger partial charge in [0.05, 0.1) is 18.5 Å². The summed E-state index contributed by atoms with van der Waals surface area (Å²) >= 11 is 0.